The van der Waals surface area contributed by atoms with Crippen LogP contribution in [0.4, 0.5) is 5.00 Å². The normalized spacial score (nSPS) is 16.4. The molecule has 1 aromatic rings. The Bertz CT molecular complexity index is 347. The molecule has 5 nitrogen and oxygen atoms in total. The number of carbonyl (C=O) groups excluding carboxylic acids is 1. The van der Waals surface area contributed by atoms with Crippen molar-refractivity contribution in [3.05, 3.63) is 5.69 Å². The van der Waals surface area contributed by atoms with E-state index in [4.69, 9.17) is 5.73 Å². The van der Waals surface area contributed by atoms with Crippen LogP contribution in [-0.4, -0.2) is 33.5 Å². The highest BCUT2D eigenvalue weighted by Crippen LogP contribution is 2.25. The fourth-order valence-corrected chi connectivity index (χ4v) is 1.88. The Labute approximate surface area is 86.1 Å². The van der Waals surface area contributed by atoms with E-state index in [2.05, 4.69) is 9.59 Å². The summed E-state index contributed by atoms with van der Waals surface area (Å²) in [7, 11) is 1.80. The molecule has 1 aliphatic rings. The van der Waals surface area contributed by atoms with Crippen molar-refractivity contribution in [1.82, 2.24) is 14.5 Å². The summed E-state index contributed by atoms with van der Waals surface area (Å²) in [5.41, 5.74) is 5.88. The smallest absolute Gasteiger partial charge is 0.277 e. The van der Waals surface area contributed by atoms with Gasteiger partial charge < -0.3 is 10.6 Å². The van der Waals surface area contributed by atoms with Crippen LogP contribution in [0, 0.1) is 0 Å². The minimum Gasteiger partial charge on any atom is -0.387 e. The summed E-state index contributed by atoms with van der Waals surface area (Å²) in [5.74, 6) is -0.110. The van der Waals surface area contributed by atoms with E-state index in [1.165, 1.54) is 6.42 Å². The molecule has 2 N–H and O–H groups in total. The highest BCUT2D eigenvalue weighted by atomic mass is 32.1. The molecule has 0 aliphatic heterocycles. The number of nitrogen functional groups attached to an aromatic ring is 1. The molecule has 1 aliphatic carbocycles. The van der Waals surface area contributed by atoms with Crippen LogP contribution < -0.4 is 5.73 Å². The lowest BCUT2D eigenvalue weighted by molar-refractivity contribution is 0.0647. The molecule has 1 heterocycles. The monoisotopic (exact) mass is 212 g/mol. The van der Waals surface area contributed by atoms with E-state index in [9.17, 15) is 4.79 Å². The highest BCUT2D eigenvalue weighted by molar-refractivity contribution is 7.10. The number of aromatic nitrogens is 2. The van der Waals surface area contributed by atoms with Gasteiger partial charge in [0, 0.05) is 24.6 Å². The van der Waals surface area contributed by atoms with E-state index in [1.54, 1.807) is 11.9 Å². The van der Waals surface area contributed by atoms with Gasteiger partial charge in [0.2, 0.25) is 0 Å². The number of nitrogens with two attached hydrogens (primary N) is 1. The zero-order valence-corrected chi connectivity index (χ0v) is 8.75. The van der Waals surface area contributed by atoms with Crippen molar-refractivity contribution in [2.24, 2.45) is 0 Å². The van der Waals surface area contributed by atoms with Crippen LogP contribution in [0.15, 0.2) is 0 Å². The lowest BCUT2D eigenvalue weighted by Crippen LogP contribution is -2.41. The summed E-state index contributed by atoms with van der Waals surface area (Å²) in [6.07, 6.45) is 3.37. The van der Waals surface area contributed by atoms with E-state index in [0.717, 1.165) is 24.4 Å². The maximum Gasteiger partial charge on any atom is 0.277 e. The Morgan fingerprint density at radius 2 is 2.36 bits per heavy atom. The standard InChI is InChI=1S/C8H12N4OS/c1-12(5-3-2-4-5)8(13)6-7(9)14-11-10-6/h5H,2-4,9H2,1H3. The zero-order chi connectivity index (χ0) is 10.1. The third-order valence-corrected chi connectivity index (χ3v) is 3.21. The summed E-state index contributed by atoms with van der Waals surface area (Å²) < 4.78 is 3.65. The molecule has 0 atom stereocenters. The molecule has 14 heavy (non-hydrogen) atoms. The van der Waals surface area contributed by atoms with Crippen LogP contribution in [-0.2, 0) is 0 Å². The molecule has 0 aromatic carbocycles. The topological polar surface area (TPSA) is 72.1 Å². The fourth-order valence-electron chi connectivity index (χ4n) is 1.45. The van der Waals surface area contributed by atoms with Crippen LogP contribution in [0.1, 0.15) is 29.8 Å². The molecule has 0 bridgehead atoms. The molecule has 0 radical (unpaired) electrons. The van der Waals surface area contributed by atoms with Gasteiger partial charge in [-0.15, -0.1) is 5.10 Å². The van der Waals surface area contributed by atoms with Gasteiger partial charge in [-0.25, -0.2) is 0 Å². The molecule has 0 saturated heterocycles. The quantitative estimate of drug-likeness (QED) is 0.785. The van der Waals surface area contributed by atoms with Crippen LogP contribution in [0.3, 0.4) is 0 Å². The first kappa shape index (κ1) is 9.39. The predicted molar refractivity (Wildman–Crippen MR) is 54.1 cm³/mol. The molecule has 2 rings (SSSR count). The van der Waals surface area contributed by atoms with Crippen molar-refractivity contribution >= 4 is 22.4 Å². The summed E-state index contributed by atoms with van der Waals surface area (Å²) in [6, 6.07) is 0.364. The van der Waals surface area contributed by atoms with Gasteiger partial charge in [0.15, 0.2) is 5.69 Å². The first-order chi connectivity index (χ1) is 6.70. The molecule has 76 valence electrons. The maximum absolute atomic E-state index is 11.8. The van der Waals surface area contributed by atoms with Crippen molar-refractivity contribution in [2.75, 3.05) is 12.8 Å². The van der Waals surface area contributed by atoms with E-state index >= 15 is 0 Å². The van der Waals surface area contributed by atoms with E-state index in [0.29, 0.717) is 16.7 Å². The number of carbonyl (C=O) groups is 1. The number of nitrogens with zero attached hydrogens (tertiary/aromatic N) is 3. The minimum atomic E-state index is -0.110. The maximum atomic E-state index is 11.8. The Morgan fingerprint density at radius 1 is 1.64 bits per heavy atom. The van der Waals surface area contributed by atoms with E-state index in [1.807, 2.05) is 0 Å². The summed E-state index contributed by atoms with van der Waals surface area (Å²) in [5, 5.41) is 4.13. The second-order valence-electron chi connectivity index (χ2n) is 3.49. The van der Waals surface area contributed by atoms with Crippen LogP contribution in [0.2, 0.25) is 0 Å². The van der Waals surface area contributed by atoms with E-state index in [-0.39, 0.29) is 5.91 Å². The SMILES string of the molecule is CN(C(=O)c1nnsc1N)C1CCC1. The first-order valence-electron chi connectivity index (χ1n) is 4.55. The average Bonchev–Trinajstić information content (AvgIpc) is 2.47. The third kappa shape index (κ3) is 1.45. The van der Waals surface area contributed by atoms with Crippen molar-refractivity contribution in [3.8, 4) is 0 Å². The number of hydrogen-bond acceptors (Lipinski definition) is 5. The first-order valence-corrected chi connectivity index (χ1v) is 5.32. The summed E-state index contributed by atoms with van der Waals surface area (Å²) >= 11 is 1.06. The van der Waals surface area contributed by atoms with Gasteiger partial charge >= 0.3 is 0 Å². The van der Waals surface area contributed by atoms with Crippen LogP contribution >= 0.6 is 11.5 Å². The number of anilines is 1. The van der Waals surface area contributed by atoms with Crippen molar-refractivity contribution in [1.29, 1.82) is 0 Å². The third-order valence-electron chi connectivity index (χ3n) is 2.66. The number of rotatable bonds is 2. The molecule has 6 heteroatoms. The molecular weight excluding hydrogens is 200 g/mol. The number of hydrogen-bond donors (Lipinski definition) is 1. The zero-order valence-electron chi connectivity index (χ0n) is 7.93. The van der Waals surface area contributed by atoms with Gasteiger partial charge in [-0.3, -0.25) is 4.79 Å². The van der Waals surface area contributed by atoms with Gasteiger partial charge in [0.05, 0.1) is 0 Å². The highest BCUT2D eigenvalue weighted by Gasteiger charge is 2.28. The largest absolute Gasteiger partial charge is 0.387 e. The number of amides is 1. The second-order valence-corrected chi connectivity index (χ2v) is 4.27. The van der Waals surface area contributed by atoms with Gasteiger partial charge in [0.25, 0.3) is 5.91 Å². The Kier molecular flexibility index (Phi) is 2.37. The minimum absolute atomic E-state index is 0.110. The van der Waals surface area contributed by atoms with Crippen molar-refractivity contribution in [3.63, 3.8) is 0 Å². The lowest BCUT2D eigenvalue weighted by atomic mass is 9.92. The van der Waals surface area contributed by atoms with E-state index < -0.39 is 0 Å². The predicted octanol–water partition coefficient (Wildman–Crippen LogP) is 0.745. The van der Waals surface area contributed by atoms with Gasteiger partial charge in [0.1, 0.15) is 5.00 Å². The Morgan fingerprint density at radius 3 is 2.79 bits per heavy atom. The Balaban J connectivity index is 2.11. The molecule has 1 amide bonds. The van der Waals surface area contributed by atoms with Gasteiger partial charge in [-0.2, -0.15) is 0 Å². The van der Waals surface area contributed by atoms with Crippen molar-refractivity contribution in [2.45, 2.75) is 25.3 Å². The molecular formula is C8H12N4OS. The Hall–Kier alpha value is -1.17. The lowest BCUT2D eigenvalue weighted by Gasteiger charge is -2.34. The molecule has 1 aromatic heterocycles. The molecule has 0 unspecified atom stereocenters. The molecule has 0 spiro atoms. The summed E-state index contributed by atoms with van der Waals surface area (Å²) in [4.78, 5) is 13.5. The van der Waals surface area contributed by atoms with Crippen LogP contribution in [0.25, 0.3) is 0 Å². The molecule has 1 fully saturated rings. The van der Waals surface area contributed by atoms with Crippen LogP contribution in [0.5, 0.6) is 0 Å². The summed E-state index contributed by atoms with van der Waals surface area (Å²) in [6.45, 7) is 0. The molecule has 1 saturated carbocycles. The van der Waals surface area contributed by atoms with Gasteiger partial charge in [-0.1, -0.05) is 4.49 Å². The fraction of sp³-hybridized carbons (Fsp3) is 0.625. The average molecular weight is 212 g/mol. The van der Waals surface area contributed by atoms with Gasteiger partial charge in [-0.05, 0) is 19.3 Å². The second kappa shape index (κ2) is 3.53. The van der Waals surface area contributed by atoms with Crippen molar-refractivity contribution < 1.29 is 4.79 Å².